The molecule has 3 aromatic rings. The summed E-state index contributed by atoms with van der Waals surface area (Å²) >= 11 is 0. The van der Waals surface area contributed by atoms with Gasteiger partial charge in [-0.1, -0.05) is 48.5 Å². The molecule has 0 atom stereocenters. The maximum absolute atomic E-state index is 12.4. The molecule has 27 heavy (non-hydrogen) atoms. The van der Waals surface area contributed by atoms with E-state index in [0.717, 1.165) is 35.7 Å². The smallest absolute Gasteiger partial charge is 0.243 e. The van der Waals surface area contributed by atoms with Gasteiger partial charge in [0.15, 0.2) is 0 Å². The number of para-hydroxylation sites is 1. The molecular formula is C23H22N2O2. The predicted octanol–water partition coefficient (Wildman–Crippen LogP) is 4.27. The lowest BCUT2D eigenvalue weighted by Crippen LogP contribution is -2.31. The van der Waals surface area contributed by atoms with E-state index in [-0.39, 0.29) is 5.91 Å². The number of amides is 1. The van der Waals surface area contributed by atoms with Crippen LogP contribution in [0.1, 0.15) is 11.1 Å². The first-order chi connectivity index (χ1) is 13.3. The Labute approximate surface area is 159 Å². The van der Waals surface area contributed by atoms with Crippen LogP contribution in [0.5, 0.6) is 5.75 Å². The van der Waals surface area contributed by atoms with Crippen molar-refractivity contribution < 1.29 is 9.53 Å². The molecule has 0 radical (unpaired) electrons. The lowest BCUT2D eigenvalue weighted by Gasteiger charge is -2.18. The predicted molar refractivity (Wildman–Crippen MR) is 108 cm³/mol. The minimum absolute atomic E-state index is 0.00958. The second kappa shape index (κ2) is 7.96. The van der Waals surface area contributed by atoms with Crippen molar-refractivity contribution in [1.29, 1.82) is 0 Å². The number of rotatable bonds is 6. The van der Waals surface area contributed by atoms with E-state index in [9.17, 15) is 4.79 Å². The Morgan fingerprint density at radius 1 is 0.926 bits per heavy atom. The number of nitrogens with zero attached hydrogens (tertiary/aromatic N) is 1. The molecule has 1 aliphatic heterocycles. The number of carbonyl (C=O) groups excluding carboxylic acids is 1. The van der Waals surface area contributed by atoms with Gasteiger partial charge in [-0.15, -0.1) is 0 Å². The van der Waals surface area contributed by atoms with Gasteiger partial charge < -0.3 is 15.0 Å². The van der Waals surface area contributed by atoms with Gasteiger partial charge in [-0.2, -0.15) is 0 Å². The fourth-order valence-corrected chi connectivity index (χ4v) is 3.32. The summed E-state index contributed by atoms with van der Waals surface area (Å²) in [5, 5.41) is 2.96. The molecular weight excluding hydrogens is 336 g/mol. The molecule has 1 amide bonds. The first kappa shape index (κ1) is 17.2. The van der Waals surface area contributed by atoms with Crippen LogP contribution >= 0.6 is 0 Å². The van der Waals surface area contributed by atoms with Gasteiger partial charge in [0.25, 0.3) is 0 Å². The van der Waals surface area contributed by atoms with E-state index >= 15 is 0 Å². The summed E-state index contributed by atoms with van der Waals surface area (Å²) < 4.78 is 5.78. The Morgan fingerprint density at radius 2 is 1.67 bits per heavy atom. The van der Waals surface area contributed by atoms with Crippen LogP contribution in [-0.2, 0) is 17.8 Å². The fraction of sp³-hybridized carbons (Fsp3) is 0.174. The summed E-state index contributed by atoms with van der Waals surface area (Å²) in [5.41, 5.74) is 4.38. The van der Waals surface area contributed by atoms with E-state index in [1.165, 1.54) is 5.56 Å². The Balaban J connectivity index is 1.30. The van der Waals surface area contributed by atoms with Crippen molar-refractivity contribution in [3.63, 3.8) is 0 Å². The molecule has 0 bridgehead atoms. The highest BCUT2D eigenvalue weighted by molar-refractivity contribution is 5.94. The molecule has 1 N–H and O–H groups in total. The monoisotopic (exact) mass is 358 g/mol. The lowest BCUT2D eigenvalue weighted by molar-refractivity contribution is -0.115. The molecule has 0 aromatic heterocycles. The van der Waals surface area contributed by atoms with E-state index in [1.807, 2.05) is 66.7 Å². The SMILES string of the molecule is O=C(CN1CCc2ccccc21)Nc1ccc(OCc2ccccc2)cc1. The first-order valence-corrected chi connectivity index (χ1v) is 9.17. The molecule has 0 saturated heterocycles. The second-order valence-electron chi connectivity index (χ2n) is 6.65. The van der Waals surface area contributed by atoms with Crippen LogP contribution < -0.4 is 15.0 Å². The van der Waals surface area contributed by atoms with E-state index in [0.29, 0.717) is 13.2 Å². The highest BCUT2D eigenvalue weighted by atomic mass is 16.5. The van der Waals surface area contributed by atoms with Crippen LogP contribution in [0.2, 0.25) is 0 Å². The molecule has 0 unspecified atom stereocenters. The van der Waals surface area contributed by atoms with Crippen LogP contribution in [0.25, 0.3) is 0 Å². The zero-order valence-corrected chi connectivity index (χ0v) is 15.1. The summed E-state index contributed by atoms with van der Waals surface area (Å²) in [7, 11) is 0. The summed E-state index contributed by atoms with van der Waals surface area (Å²) in [5.74, 6) is 0.773. The molecule has 0 spiro atoms. The third-order valence-electron chi connectivity index (χ3n) is 4.70. The van der Waals surface area contributed by atoms with Crippen molar-refractivity contribution in [3.05, 3.63) is 90.0 Å². The maximum Gasteiger partial charge on any atom is 0.243 e. The molecule has 4 rings (SSSR count). The minimum atomic E-state index is -0.00958. The zero-order valence-electron chi connectivity index (χ0n) is 15.1. The highest BCUT2D eigenvalue weighted by Crippen LogP contribution is 2.27. The maximum atomic E-state index is 12.4. The summed E-state index contributed by atoms with van der Waals surface area (Å²) in [4.78, 5) is 14.5. The van der Waals surface area contributed by atoms with Crippen molar-refractivity contribution in [2.24, 2.45) is 0 Å². The molecule has 0 fully saturated rings. The van der Waals surface area contributed by atoms with Crippen molar-refractivity contribution in [1.82, 2.24) is 0 Å². The Morgan fingerprint density at radius 3 is 2.48 bits per heavy atom. The van der Waals surface area contributed by atoms with Gasteiger partial charge in [0, 0.05) is 17.9 Å². The van der Waals surface area contributed by atoms with Crippen molar-refractivity contribution in [2.45, 2.75) is 13.0 Å². The van der Waals surface area contributed by atoms with E-state index in [2.05, 4.69) is 22.3 Å². The van der Waals surface area contributed by atoms with Crippen molar-refractivity contribution in [2.75, 3.05) is 23.3 Å². The van der Waals surface area contributed by atoms with Crippen LogP contribution in [0.3, 0.4) is 0 Å². The second-order valence-corrected chi connectivity index (χ2v) is 6.65. The summed E-state index contributed by atoms with van der Waals surface area (Å²) in [6.07, 6.45) is 0.997. The van der Waals surface area contributed by atoms with E-state index in [4.69, 9.17) is 4.74 Å². The number of nitrogens with one attached hydrogen (secondary N) is 1. The summed E-state index contributed by atoms with van der Waals surface area (Å²) in [6.45, 7) is 1.78. The number of anilines is 2. The normalized spacial score (nSPS) is 12.5. The molecule has 0 saturated carbocycles. The minimum Gasteiger partial charge on any atom is -0.489 e. The average Bonchev–Trinajstić information content (AvgIpc) is 3.11. The molecule has 4 nitrogen and oxygen atoms in total. The van der Waals surface area contributed by atoms with Gasteiger partial charge in [0.05, 0.1) is 6.54 Å². The molecule has 0 aliphatic carbocycles. The van der Waals surface area contributed by atoms with Gasteiger partial charge in [0.2, 0.25) is 5.91 Å². The fourth-order valence-electron chi connectivity index (χ4n) is 3.32. The number of benzene rings is 3. The quantitative estimate of drug-likeness (QED) is 0.716. The first-order valence-electron chi connectivity index (χ1n) is 9.17. The van der Waals surface area contributed by atoms with Gasteiger partial charge in [-0.05, 0) is 47.9 Å². The average molecular weight is 358 g/mol. The Bertz CT molecular complexity index is 907. The summed E-state index contributed by atoms with van der Waals surface area (Å²) in [6, 6.07) is 25.8. The van der Waals surface area contributed by atoms with E-state index in [1.54, 1.807) is 0 Å². The van der Waals surface area contributed by atoms with Crippen LogP contribution in [-0.4, -0.2) is 19.0 Å². The zero-order chi connectivity index (χ0) is 18.5. The van der Waals surface area contributed by atoms with Gasteiger partial charge in [-0.25, -0.2) is 0 Å². The lowest BCUT2D eigenvalue weighted by atomic mass is 10.2. The van der Waals surface area contributed by atoms with Gasteiger partial charge in [-0.3, -0.25) is 4.79 Å². The Kier molecular flexibility index (Phi) is 5.06. The molecule has 3 aromatic carbocycles. The van der Waals surface area contributed by atoms with Crippen molar-refractivity contribution in [3.8, 4) is 5.75 Å². The van der Waals surface area contributed by atoms with E-state index < -0.39 is 0 Å². The topological polar surface area (TPSA) is 41.6 Å². The molecule has 4 heteroatoms. The number of fused-ring (bicyclic) bond motifs is 1. The van der Waals surface area contributed by atoms with Crippen LogP contribution in [0, 0.1) is 0 Å². The number of hydrogen-bond donors (Lipinski definition) is 1. The van der Waals surface area contributed by atoms with Crippen molar-refractivity contribution >= 4 is 17.3 Å². The third kappa shape index (κ3) is 4.29. The standard InChI is InChI=1S/C23H22N2O2/c26-23(16-25-15-14-19-8-4-5-9-22(19)25)24-20-10-12-21(13-11-20)27-17-18-6-2-1-3-7-18/h1-13H,14-17H2,(H,24,26). The largest absolute Gasteiger partial charge is 0.489 e. The molecule has 136 valence electrons. The number of ether oxygens (including phenoxy) is 1. The highest BCUT2D eigenvalue weighted by Gasteiger charge is 2.20. The third-order valence-corrected chi connectivity index (χ3v) is 4.70. The van der Waals surface area contributed by atoms with Crippen LogP contribution in [0.4, 0.5) is 11.4 Å². The Hall–Kier alpha value is -3.27. The van der Waals surface area contributed by atoms with Crippen LogP contribution in [0.15, 0.2) is 78.9 Å². The molecule has 1 heterocycles. The number of hydrogen-bond acceptors (Lipinski definition) is 3. The van der Waals surface area contributed by atoms with Gasteiger partial charge >= 0.3 is 0 Å². The van der Waals surface area contributed by atoms with Gasteiger partial charge in [0.1, 0.15) is 12.4 Å². The number of carbonyl (C=O) groups is 1. The molecule has 1 aliphatic rings.